The first-order valence-corrected chi connectivity index (χ1v) is 9.60. The number of carbonyl (C=O) groups is 2. The summed E-state index contributed by atoms with van der Waals surface area (Å²) in [5.41, 5.74) is 1.90. The maximum absolute atomic E-state index is 12.3. The van der Waals surface area contributed by atoms with Crippen molar-refractivity contribution in [2.75, 3.05) is 23.0 Å². The summed E-state index contributed by atoms with van der Waals surface area (Å²) in [4.78, 5) is 23.7. The van der Waals surface area contributed by atoms with Crippen molar-refractivity contribution in [3.63, 3.8) is 0 Å². The number of carbonyl (C=O) groups excluding carboxylic acids is 2. The molecular weight excluding hydrogens is 402 g/mol. The zero-order chi connectivity index (χ0) is 19.5. The Morgan fingerprint density at radius 3 is 3.07 bits per heavy atom. The van der Waals surface area contributed by atoms with E-state index in [-0.39, 0.29) is 24.2 Å². The molecule has 0 spiro atoms. The van der Waals surface area contributed by atoms with Gasteiger partial charge in [-0.25, -0.2) is 0 Å². The molecule has 0 unspecified atom stereocenters. The van der Waals surface area contributed by atoms with E-state index in [0.29, 0.717) is 27.3 Å². The second kappa shape index (κ2) is 7.91. The highest BCUT2D eigenvalue weighted by molar-refractivity contribution is 7.99. The van der Waals surface area contributed by atoms with Gasteiger partial charge in [-0.05, 0) is 36.4 Å². The van der Waals surface area contributed by atoms with Gasteiger partial charge in [-0.2, -0.15) is 0 Å². The molecule has 0 atom stereocenters. The lowest BCUT2D eigenvalue weighted by molar-refractivity contribution is -0.118. The molecule has 3 aromatic rings. The molecule has 10 heteroatoms. The van der Waals surface area contributed by atoms with E-state index in [0.717, 1.165) is 5.69 Å². The molecule has 0 fully saturated rings. The van der Waals surface area contributed by atoms with Crippen LogP contribution in [0.15, 0.2) is 53.9 Å². The Labute approximate surface area is 169 Å². The van der Waals surface area contributed by atoms with E-state index in [1.165, 1.54) is 11.8 Å². The molecule has 142 valence electrons. The maximum atomic E-state index is 12.3. The van der Waals surface area contributed by atoms with Crippen molar-refractivity contribution in [1.29, 1.82) is 0 Å². The summed E-state index contributed by atoms with van der Waals surface area (Å²) >= 11 is 7.28. The number of halogens is 1. The van der Waals surface area contributed by atoms with Crippen LogP contribution in [-0.2, 0) is 9.59 Å². The van der Waals surface area contributed by atoms with E-state index in [2.05, 4.69) is 20.8 Å². The summed E-state index contributed by atoms with van der Waals surface area (Å²) in [5.74, 6) is 0.265. The van der Waals surface area contributed by atoms with Crippen LogP contribution in [0.1, 0.15) is 0 Å². The van der Waals surface area contributed by atoms with Crippen molar-refractivity contribution in [1.82, 2.24) is 14.8 Å². The molecule has 2 N–H and O–H groups in total. The van der Waals surface area contributed by atoms with Gasteiger partial charge in [-0.15, -0.1) is 10.2 Å². The van der Waals surface area contributed by atoms with Gasteiger partial charge in [0.15, 0.2) is 11.8 Å². The Morgan fingerprint density at radius 2 is 2.21 bits per heavy atom. The highest BCUT2D eigenvalue weighted by atomic mass is 35.5. The van der Waals surface area contributed by atoms with Crippen LogP contribution in [0.25, 0.3) is 5.69 Å². The van der Waals surface area contributed by atoms with Crippen LogP contribution in [0.2, 0.25) is 5.02 Å². The molecule has 1 aromatic heterocycles. The van der Waals surface area contributed by atoms with E-state index in [4.69, 9.17) is 16.3 Å². The number of nitrogens with one attached hydrogen (secondary N) is 2. The van der Waals surface area contributed by atoms with Crippen molar-refractivity contribution in [2.45, 2.75) is 5.16 Å². The Balaban J connectivity index is 1.40. The summed E-state index contributed by atoms with van der Waals surface area (Å²) in [7, 11) is 0. The zero-order valence-corrected chi connectivity index (χ0v) is 16.0. The van der Waals surface area contributed by atoms with Gasteiger partial charge in [0.25, 0.3) is 5.91 Å². The minimum absolute atomic E-state index is 0.0113. The second-order valence-corrected chi connectivity index (χ2v) is 7.23. The molecule has 2 aromatic carbocycles. The number of rotatable bonds is 5. The molecular formula is C18H14ClN5O3S. The fraction of sp³-hybridized carbons (Fsp3) is 0.111. The van der Waals surface area contributed by atoms with Crippen molar-refractivity contribution in [2.24, 2.45) is 0 Å². The Morgan fingerprint density at radius 1 is 1.32 bits per heavy atom. The first kappa shape index (κ1) is 18.3. The summed E-state index contributed by atoms with van der Waals surface area (Å²) in [6.07, 6.45) is 1.57. The van der Waals surface area contributed by atoms with Gasteiger partial charge in [0.1, 0.15) is 12.1 Å². The number of hydrogen-bond donors (Lipinski definition) is 2. The lowest BCUT2D eigenvalue weighted by atomic mass is 10.2. The van der Waals surface area contributed by atoms with E-state index in [9.17, 15) is 9.59 Å². The molecule has 0 saturated carbocycles. The lowest BCUT2D eigenvalue weighted by Gasteiger charge is -2.18. The Kier molecular flexibility index (Phi) is 5.18. The van der Waals surface area contributed by atoms with Crippen molar-refractivity contribution >= 4 is 46.6 Å². The van der Waals surface area contributed by atoms with E-state index < -0.39 is 0 Å². The number of fused-ring (bicyclic) bond motifs is 1. The fourth-order valence-corrected chi connectivity index (χ4v) is 3.53. The normalized spacial score (nSPS) is 12.7. The monoisotopic (exact) mass is 415 g/mol. The first-order chi connectivity index (χ1) is 13.6. The van der Waals surface area contributed by atoms with Crippen LogP contribution in [0, 0.1) is 0 Å². The highest BCUT2D eigenvalue weighted by Gasteiger charge is 2.17. The quantitative estimate of drug-likeness (QED) is 0.621. The SMILES string of the molecule is O=C(CSc1nncn1-c1cccc(Cl)c1)Nc1ccc2c(c1)NC(=O)CO2. The van der Waals surface area contributed by atoms with Gasteiger partial charge in [0.2, 0.25) is 5.91 Å². The summed E-state index contributed by atoms with van der Waals surface area (Å²) < 4.78 is 7.06. The smallest absolute Gasteiger partial charge is 0.262 e. The summed E-state index contributed by atoms with van der Waals surface area (Å²) in [6.45, 7) is -0.0113. The van der Waals surface area contributed by atoms with Crippen molar-refractivity contribution in [3.8, 4) is 11.4 Å². The molecule has 0 bridgehead atoms. The van der Waals surface area contributed by atoms with Crippen molar-refractivity contribution < 1.29 is 14.3 Å². The van der Waals surface area contributed by atoms with Crippen LogP contribution >= 0.6 is 23.4 Å². The fourth-order valence-electron chi connectivity index (χ4n) is 2.61. The van der Waals surface area contributed by atoms with Gasteiger partial charge >= 0.3 is 0 Å². The predicted octanol–water partition coefficient (Wildman–Crippen LogP) is 2.98. The predicted molar refractivity (Wildman–Crippen MR) is 106 cm³/mol. The number of nitrogens with zero attached hydrogens (tertiary/aromatic N) is 3. The van der Waals surface area contributed by atoms with Crippen LogP contribution in [0.4, 0.5) is 11.4 Å². The molecule has 28 heavy (non-hydrogen) atoms. The van der Waals surface area contributed by atoms with Gasteiger partial charge in [0, 0.05) is 10.7 Å². The van der Waals surface area contributed by atoms with Gasteiger partial charge in [-0.1, -0.05) is 29.4 Å². The number of thioether (sulfide) groups is 1. The number of ether oxygens (including phenoxy) is 1. The number of aromatic nitrogens is 3. The molecule has 2 heterocycles. The number of amides is 2. The van der Waals surface area contributed by atoms with E-state index in [1.807, 2.05) is 12.1 Å². The lowest BCUT2D eigenvalue weighted by Crippen LogP contribution is -2.25. The highest BCUT2D eigenvalue weighted by Crippen LogP contribution is 2.30. The standard InChI is InChI=1S/C18H14ClN5O3S/c19-11-2-1-3-13(6-11)24-10-20-23-18(24)28-9-17(26)21-12-4-5-15-14(7-12)22-16(25)8-27-15/h1-7,10H,8-9H2,(H,21,26)(H,22,25). The molecule has 0 aliphatic carbocycles. The van der Waals surface area contributed by atoms with Crippen molar-refractivity contribution in [3.05, 3.63) is 53.8 Å². The molecule has 0 radical (unpaired) electrons. The molecule has 1 aliphatic heterocycles. The van der Waals surface area contributed by atoms with Crippen LogP contribution in [-0.4, -0.2) is 38.9 Å². The van der Waals surface area contributed by atoms with E-state index >= 15 is 0 Å². The third-order valence-electron chi connectivity index (χ3n) is 3.83. The van der Waals surface area contributed by atoms with Crippen LogP contribution in [0.3, 0.4) is 0 Å². The molecule has 4 rings (SSSR count). The topological polar surface area (TPSA) is 98.1 Å². The van der Waals surface area contributed by atoms with Crippen LogP contribution < -0.4 is 15.4 Å². The third kappa shape index (κ3) is 4.10. The molecule has 1 aliphatic rings. The minimum Gasteiger partial charge on any atom is -0.482 e. The molecule has 0 saturated heterocycles. The molecule has 2 amide bonds. The number of benzene rings is 2. The first-order valence-electron chi connectivity index (χ1n) is 8.24. The Hall–Kier alpha value is -3.04. The third-order valence-corrected chi connectivity index (χ3v) is 5.01. The zero-order valence-electron chi connectivity index (χ0n) is 14.4. The number of hydrogen-bond acceptors (Lipinski definition) is 6. The van der Waals surface area contributed by atoms with Gasteiger partial charge in [0.05, 0.1) is 17.1 Å². The largest absolute Gasteiger partial charge is 0.482 e. The van der Waals surface area contributed by atoms with Gasteiger partial charge < -0.3 is 15.4 Å². The second-order valence-electron chi connectivity index (χ2n) is 5.85. The van der Waals surface area contributed by atoms with Crippen LogP contribution in [0.5, 0.6) is 5.75 Å². The average molecular weight is 416 g/mol. The van der Waals surface area contributed by atoms with Gasteiger partial charge in [-0.3, -0.25) is 14.2 Å². The maximum Gasteiger partial charge on any atom is 0.262 e. The average Bonchev–Trinajstić information content (AvgIpc) is 3.15. The minimum atomic E-state index is -0.230. The van der Waals surface area contributed by atoms with E-state index in [1.54, 1.807) is 41.2 Å². The summed E-state index contributed by atoms with van der Waals surface area (Å²) in [6, 6.07) is 12.4. The summed E-state index contributed by atoms with van der Waals surface area (Å²) in [5, 5.41) is 14.6. The Bertz CT molecular complexity index is 1060. The number of anilines is 2. The molecule has 8 nitrogen and oxygen atoms in total.